The second-order valence-corrected chi connectivity index (χ2v) is 4.90. The highest BCUT2D eigenvalue weighted by atomic mass is 35.5. The van der Waals surface area contributed by atoms with Crippen LogP contribution in [0.25, 0.3) is 0 Å². The molecule has 6 heteroatoms. The Balaban J connectivity index is 3.16. The van der Waals surface area contributed by atoms with Gasteiger partial charge in [0, 0.05) is 22.8 Å². The van der Waals surface area contributed by atoms with Crippen molar-refractivity contribution in [2.45, 2.75) is 13.3 Å². The highest BCUT2D eigenvalue weighted by Gasteiger charge is 2.16. The molecule has 0 radical (unpaired) electrons. The van der Waals surface area contributed by atoms with Gasteiger partial charge in [-0.05, 0) is 24.6 Å². The normalized spacial score (nSPS) is 10.1. The van der Waals surface area contributed by atoms with E-state index in [4.69, 9.17) is 34.3 Å². The average Bonchev–Trinajstić information content (AvgIpc) is 2.37. The largest absolute Gasteiger partial charge is 0.468 e. The smallest absolute Gasteiger partial charge is 0.325 e. The number of halogens is 1. The molecule has 0 saturated carbocycles. The minimum Gasteiger partial charge on any atom is -0.468 e. The molecule has 0 aromatic heterocycles. The molecule has 0 unspecified atom stereocenters. The average molecular weight is 301 g/mol. The summed E-state index contributed by atoms with van der Waals surface area (Å²) in [6.45, 7) is 2.85. The molecule has 1 aromatic carbocycles. The van der Waals surface area contributed by atoms with Crippen LogP contribution in [0.5, 0.6) is 0 Å². The summed E-state index contributed by atoms with van der Waals surface area (Å²) in [6, 6.07) is 5.25. The number of thiocarbonyl (C=S) groups is 1. The lowest BCUT2D eigenvalue weighted by atomic mass is 10.1. The minimum absolute atomic E-state index is 0.139. The molecule has 104 valence electrons. The van der Waals surface area contributed by atoms with Crippen molar-refractivity contribution in [2.24, 2.45) is 5.73 Å². The summed E-state index contributed by atoms with van der Waals surface area (Å²) < 4.78 is 4.70. The molecule has 0 aliphatic rings. The van der Waals surface area contributed by atoms with Gasteiger partial charge in [-0.1, -0.05) is 30.7 Å². The van der Waals surface area contributed by atoms with Gasteiger partial charge in [-0.2, -0.15) is 0 Å². The number of nitrogens with zero attached hydrogens (tertiary/aromatic N) is 1. The molecule has 0 atom stereocenters. The molecular weight excluding hydrogens is 284 g/mol. The van der Waals surface area contributed by atoms with Crippen LogP contribution in [0.3, 0.4) is 0 Å². The van der Waals surface area contributed by atoms with E-state index in [-0.39, 0.29) is 17.5 Å². The van der Waals surface area contributed by atoms with Gasteiger partial charge in [0.05, 0.1) is 7.11 Å². The molecule has 2 N–H and O–H groups in total. The van der Waals surface area contributed by atoms with E-state index in [1.807, 2.05) is 11.8 Å². The molecular formula is C13H17ClN2O2S. The van der Waals surface area contributed by atoms with E-state index in [2.05, 4.69) is 0 Å². The molecule has 4 nitrogen and oxygen atoms in total. The van der Waals surface area contributed by atoms with E-state index >= 15 is 0 Å². The maximum Gasteiger partial charge on any atom is 0.325 e. The van der Waals surface area contributed by atoms with E-state index in [9.17, 15) is 4.79 Å². The number of methoxy groups -OCH3 is 1. The van der Waals surface area contributed by atoms with Crippen LogP contribution in [0.4, 0.5) is 5.69 Å². The molecule has 0 amide bonds. The number of esters is 1. The summed E-state index contributed by atoms with van der Waals surface area (Å²) >= 11 is 11.0. The lowest BCUT2D eigenvalue weighted by Gasteiger charge is -2.25. The first kappa shape index (κ1) is 15.7. The second kappa shape index (κ2) is 7.31. The topological polar surface area (TPSA) is 55.6 Å². The number of rotatable bonds is 6. The number of carbonyl (C=O) groups excluding carboxylic acids is 1. The third-order valence-electron chi connectivity index (χ3n) is 2.61. The predicted molar refractivity (Wildman–Crippen MR) is 81.9 cm³/mol. The lowest BCUT2D eigenvalue weighted by Crippen LogP contribution is -2.33. The third-order valence-corrected chi connectivity index (χ3v) is 3.06. The summed E-state index contributed by atoms with van der Waals surface area (Å²) in [5.41, 5.74) is 7.17. The summed E-state index contributed by atoms with van der Waals surface area (Å²) in [7, 11) is 1.36. The molecule has 0 aliphatic carbocycles. The van der Waals surface area contributed by atoms with Crippen LogP contribution < -0.4 is 10.6 Å². The summed E-state index contributed by atoms with van der Waals surface area (Å²) in [5, 5.41) is 0.570. The third kappa shape index (κ3) is 4.36. The Morgan fingerprint density at radius 1 is 1.53 bits per heavy atom. The predicted octanol–water partition coefficient (Wildman–Crippen LogP) is 2.36. The van der Waals surface area contributed by atoms with Gasteiger partial charge in [-0.3, -0.25) is 4.79 Å². The lowest BCUT2D eigenvalue weighted by molar-refractivity contribution is -0.138. The molecule has 0 spiro atoms. The summed E-state index contributed by atoms with van der Waals surface area (Å²) in [5.74, 6) is -0.317. The van der Waals surface area contributed by atoms with Crippen LogP contribution in [0.2, 0.25) is 5.02 Å². The van der Waals surface area contributed by atoms with Gasteiger partial charge in [0.2, 0.25) is 0 Å². The van der Waals surface area contributed by atoms with Crippen molar-refractivity contribution < 1.29 is 9.53 Å². The molecule has 0 aliphatic heterocycles. The van der Waals surface area contributed by atoms with Gasteiger partial charge < -0.3 is 15.4 Å². The van der Waals surface area contributed by atoms with E-state index < -0.39 is 0 Å². The molecule has 1 aromatic rings. The molecule has 0 saturated heterocycles. The maximum atomic E-state index is 11.5. The van der Waals surface area contributed by atoms with Crippen molar-refractivity contribution in [3.05, 3.63) is 28.8 Å². The number of benzene rings is 1. The van der Waals surface area contributed by atoms with Crippen molar-refractivity contribution in [1.82, 2.24) is 0 Å². The Hall–Kier alpha value is -1.33. The van der Waals surface area contributed by atoms with Crippen molar-refractivity contribution >= 4 is 40.5 Å². The Labute approximate surface area is 123 Å². The second-order valence-electron chi connectivity index (χ2n) is 4.02. The Morgan fingerprint density at radius 3 is 2.74 bits per heavy atom. The number of carbonyl (C=O) groups is 1. The van der Waals surface area contributed by atoms with Crippen LogP contribution in [-0.2, 0) is 9.53 Å². The van der Waals surface area contributed by atoms with E-state index in [1.54, 1.807) is 18.2 Å². The first-order chi connectivity index (χ1) is 8.99. The molecule has 19 heavy (non-hydrogen) atoms. The number of anilines is 1. The van der Waals surface area contributed by atoms with Gasteiger partial charge in [0.15, 0.2) is 0 Å². The van der Waals surface area contributed by atoms with Crippen LogP contribution in [0.15, 0.2) is 18.2 Å². The Kier molecular flexibility index (Phi) is 6.05. The zero-order valence-corrected chi connectivity index (χ0v) is 12.6. The summed E-state index contributed by atoms with van der Waals surface area (Å²) in [6.07, 6.45) is 0.875. The van der Waals surface area contributed by atoms with E-state index in [1.165, 1.54) is 7.11 Å². The number of ether oxygens (including phenoxy) is 1. The van der Waals surface area contributed by atoms with Crippen LogP contribution in [0, 0.1) is 0 Å². The zero-order chi connectivity index (χ0) is 14.4. The number of nitrogens with two attached hydrogens (primary N) is 1. The highest BCUT2D eigenvalue weighted by Crippen LogP contribution is 2.25. The van der Waals surface area contributed by atoms with Gasteiger partial charge >= 0.3 is 5.97 Å². The Morgan fingerprint density at radius 2 is 2.21 bits per heavy atom. The maximum absolute atomic E-state index is 11.5. The monoisotopic (exact) mass is 300 g/mol. The molecule has 0 fully saturated rings. The van der Waals surface area contributed by atoms with E-state index in [0.29, 0.717) is 17.1 Å². The van der Waals surface area contributed by atoms with Gasteiger partial charge in [-0.15, -0.1) is 0 Å². The van der Waals surface area contributed by atoms with Gasteiger partial charge in [0.1, 0.15) is 11.5 Å². The van der Waals surface area contributed by atoms with Gasteiger partial charge in [-0.25, -0.2) is 0 Å². The molecule has 1 rings (SSSR count). The number of hydrogen-bond donors (Lipinski definition) is 1. The highest BCUT2D eigenvalue weighted by molar-refractivity contribution is 7.80. The fourth-order valence-electron chi connectivity index (χ4n) is 1.75. The minimum atomic E-state index is -0.317. The van der Waals surface area contributed by atoms with Gasteiger partial charge in [0.25, 0.3) is 0 Å². The van der Waals surface area contributed by atoms with Crippen molar-refractivity contribution in [3.8, 4) is 0 Å². The first-order valence-corrected chi connectivity index (χ1v) is 6.69. The van der Waals surface area contributed by atoms with Crippen molar-refractivity contribution in [3.63, 3.8) is 0 Å². The standard InChI is InChI=1S/C13H17ClN2O2S/c1-3-6-16(8-12(17)18-2)11-7-9(14)4-5-10(11)13(15)19/h4-5,7H,3,6,8H2,1-2H3,(H2,15,19). The first-order valence-electron chi connectivity index (χ1n) is 5.90. The fourth-order valence-corrected chi connectivity index (χ4v) is 2.09. The zero-order valence-electron chi connectivity index (χ0n) is 11.0. The summed E-state index contributed by atoms with van der Waals surface area (Å²) in [4.78, 5) is 13.6. The number of hydrogen-bond acceptors (Lipinski definition) is 4. The van der Waals surface area contributed by atoms with Crippen LogP contribution >= 0.6 is 23.8 Å². The van der Waals surface area contributed by atoms with Crippen LogP contribution in [-0.4, -0.2) is 31.2 Å². The van der Waals surface area contributed by atoms with Crippen molar-refractivity contribution in [1.29, 1.82) is 0 Å². The van der Waals surface area contributed by atoms with E-state index in [0.717, 1.165) is 12.1 Å². The quantitative estimate of drug-likeness (QED) is 0.646. The Bertz CT molecular complexity index is 480. The molecule has 0 heterocycles. The van der Waals surface area contributed by atoms with Crippen LogP contribution in [0.1, 0.15) is 18.9 Å². The molecule has 0 bridgehead atoms. The SMILES string of the molecule is CCCN(CC(=O)OC)c1cc(Cl)ccc1C(N)=S. The van der Waals surface area contributed by atoms with Crippen molar-refractivity contribution in [2.75, 3.05) is 25.1 Å². The fraction of sp³-hybridized carbons (Fsp3) is 0.385.